The van der Waals surface area contributed by atoms with E-state index >= 15 is 0 Å². The molecule has 1 aromatic carbocycles. The highest BCUT2D eigenvalue weighted by Gasteiger charge is 2.29. The van der Waals surface area contributed by atoms with Crippen LogP contribution in [0, 0.1) is 4.51 Å². The van der Waals surface area contributed by atoms with Crippen LogP contribution in [0.3, 0.4) is 0 Å². The van der Waals surface area contributed by atoms with Gasteiger partial charge in [0, 0.05) is 19.2 Å². The zero-order valence-corrected chi connectivity index (χ0v) is 14.6. The van der Waals surface area contributed by atoms with Gasteiger partial charge in [0.15, 0.2) is 0 Å². The number of hydrogen-bond acceptors (Lipinski definition) is 4. The summed E-state index contributed by atoms with van der Waals surface area (Å²) in [4.78, 5) is 16.5. The molecule has 0 aliphatic carbocycles. The molecule has 0 saturated carbocycles. The average molecular weight is 296 g/mol. The molecule has 20 heavy (non-hydrogen) atoms. The summed E-state index contributed by atoms with van der Waals surface area (Å²) in [5.41, 5.74) is 1.84. The quantitative estimate of drug-likeness (QED) is 0.721. The SMILES string of the molecule is CCCN(C)CCCN(C)c1c(C(C)(C)C)c(=O)c1=S. The van der Waals surface area contributed by atoms with Gasteiger partial charge in [-0.25, -0.2) is 0 Å². The van der Waals surface area contributed by atoms with Crippen LogP contribution in [0.4, 0.5) is 5.69 Å². The van der Waals surface area contributed by atoms with E-state index < -0.39 is 0 Å². The second-order valence-corrected chi connectivity index (χ2v) is 7.12. The molecule has 0 aromatic heterocycles. The van der Waals surface area contributed by atoms with Crippen LogP contribution in [-0.4, -0.2) is 38.6 Å². The Morgan fingerprint density at radius 3 is 2.20 bits per heavy atom. The molecular formula is C16H28N2OS. The largest absolute Gasteiger partial charge is 0.373 e. The summed E-state index contributed by atoms with van der Waals surface area (Å²) in [6.45, 7) is 11.6. The molecule has 0 aliphatic rings. The van der Waals surface area contributed by atoms with E-state index in [-0.39, 0.29) is 10.8 Å². The van der Waals surface area contributed by atoms with Gasteiger partial charge in [-0.1, -0.05) is 39.9 Å². The molecule has 0 bridgehead atoms. The van der Waals surface area contributed by atoms with Crippen molar-refractivity contribution in [2.75, 3.05) is 38.6 Å². The summed E-state index contributed by atoms with van der Waals surface area (Å²) >= 11 is 5.23. The van der Waals surface area contributed by atoms with Gasteiger partial charge < -0.3 is 9.80 Å². The third-order valence-electron chi connectivity index (χ3n) is 3.66. The van der Waals surface area contributed by atoms with Gasteiger partial charge in [-0.05, 0) is 38.4 Å². The highest BCUT2D eigenvalue weighted by Crippen LogP contribution is 2.32. The number of hydrogen-bond donors (Lipinski definition) is 0. The third-order valence-corrected chi connectivity index (χ3v) is 4.03. The van der Waals surface area contributed by atoms with Gasteiger partial charge in [-0.3, -0.25) is 4.79 Å². The van der Waals surface area contributed by atoms with Crippen molar-refractivity contribution in [1.82, 2.24) is 4.90 Å². The van der Waals surface area contributed by atoms with Crippen LogP contribution >= 0.6 is 12.2 Å². The fraction of sp³-hybridized carbons (Fsp3) is 0.750. The molecule has 0 radical (unpaired) electrons. The number of rotatable bonds is 7. The predicted octanol–water partition coefficient (Wildman–Crippen LogP) is 3.12. The lowest BCUT2D eigenvalue weighted by atomic mass is 9.82. The van der Waals surface area contributed by atoms with E-state index in [4.69, 9.17) is 12.2 Å². The molecule has 3 nitrogen and oxygen atoms in total. The van der Waals surface area contributed by atoms with E-state index in [1.165, 1.54) is 6.42 Å². The third kappa shape index (κ3) is 3.89. The maximum Gasteiger partial charge on any atom is 0.204 e. The highest BCUT2D eigenvalue weighted by atomic mass is 32.1. The standard InChI is InChI=1S/C16H28N2OS/c1-7-9-17(5)10-8-11-18(6)13-12(16(2,3)4)14(19)15(13)20/h7-11H2,1-6H3. The van der Waals surface area contributed by atoms with Crippen LogP contribution in [-0.2, 0) is 5.41 Å². The Labute approximate surface area is 128 Å². The molecule has 0 heterocycles. The minimum absolute atomic E-state index is 0.0671. The first-order valence-corrected chi connectivity index (χ1v) is 7.84. The van der Waals surface area contributed by atoms with Gasteiger partial charge in [-0.15, -0.1) is 0 Å². The Kier molecular flexibility index (Phi) is 5.90. The van der Waals surface area contributed by atoms with Crippen molar-refractivity contribution < 1.29 is 0 Å². The summed E-state index contributed by atoms with van der Waals surface area (Å²) in [6, 6.07) is 0. The van der Waals surface area contributed by atoms with Crippen molar-refractivity contribution >= 4 is 17.9 Å². The van der Waals surface area contributed by atoms with Gasteiger partial charge in [0.1, 0.15) is 4.51 Å². The lowest BCUT2D eigenvalue weighted by Gasteiger charge is -2.31. The molecule has 0 N–H and O–H groups in total. The Bertz CT molecular complexity index is 509. The molecule has 0 saturated heterocycles. The second-order valence-electron chi connectivity index (χ2n) is 6.71. The summed E-state index contributed by atoms with van der Waals surface area (Å²) < 4.78 is 0.513. The second kappa shape index (κ2) is 6.81. The zero-order chi connectivity index (χ0) is 15.5. The Balaban J connectivity index is 2.66. The molecule has 0 amide bonds. The van der Waals surface area contributed by atoms with E-state index in [0.717, 1.165) is 37.3 Å². The molecular weight excluding hydrogens is 268 g/mol. The van der Waals surface area contributed by atoms with E-state index in [9.17, 15) is 4.79 Å². The summed E-state index contributed by atoms with van der Waals surface area (Å²) in [6.07, 6.45) is 2.27. The van der Waals surface area contributed by atoms with Crippen molar-refractivity contribution in [2.24, 2.45) is 0 Å². The lowest BCUT2D eigenvalue weighted by molar-refractivity contribution is 0.331. The Hall–Kier alpha value is -0.740. The first kappa shape index (κ1) is 17.3. The van der Waals surface area contributed by atoms with Crippen LogP contribution in [0.1, 0.15) is 46.1 Å². The lowest BCUT2D eigenvalue weighted by Crippen LogP contribution is -2.36. The summed E-state index contributed by atoms with van der Waals surface area (Å²) in [5, 5.41) is 0. The van der Waals surface area contributed by atoms with Gasteiger partial charge in [0.2, 0.25) is 5.43 Å². The van der Waals surface area contributed by atoms with Crippen molar-refractivity contribution in [3.8, 4) is 0 Å². The van der Waals surface area contributed by atoms with Crippen LogP contribution in [0.2, 0.25) is 0 Å². The van der Waals surface area contributed by atoms with E-state index in [1.54, 1.807) is 0 Å². The zero-order valence-electron chi connectivity index (χ0n) is 13.7. The van der Waals surface area contributed by atoms with Crippen molar-refractivity contribution in [1.29, 1.82) is 0 Å². The van der Waals surface area contributed by atoms with Gasteiger partial charge in [0.05, 0.1) is 5.69 Å². The maximum atomic E-state index is 12.0. The number of nitrogens with zero attached hydrogens (tertiary/aromatic N) is 2. The van der Waals surface area contributed by atoms with Gasteiger partial charge in [0.25, 0.3) is 0 Å². The first-order valence-electron chi connectivity index (χ1n) is 7.43. The average Bonchev–Trinajstić information content (AvgIpc) is 2.33. The fourth-order valence-electron chi connectivity index (χ4n) is 2.62. The van der Waals surface area contributed by atoms with Crippen molar-refractivity contribution in [3.05, 3.63) is 20.3 Å². The normalized spacial score (nSPS) is 12.3. The molecule has 0 atom stereocenters. The first-order chi connectivity index (χ1) is 9.20. The maximum absolute atomic E-state index is 12.0. The van der Waals surface area contributed by atoms with Crippen LogP contribution < -0.4 is 10.3 Å². The molecule has 0 unspecified atom stereocenters. The van der Waals surface area contributed by atoms with Crippen LogP contribution in [0.25, 0.3) is 0 Å². The molecule has 114 valence electrons. The van der Waals surface area contributed by atoms with E-state index in [0.29, 0.717) is 4.51 Å². The summed E-state index contributed by atoms with van der Waals surface area (Å²) in [7, 11) is 4.19. The molecule has 0 aliphatic heterocycles. The van der Waals surface area contributed by atoms with Gasteiger partial charge in [-0.2, -0.15) is 0 Å². The van der Waals surface area contributed by atoms with Crippen LogP contribution in [0.5, 0.6) is 0 Å². The van der Waals surface area contributed by atoms with Crippen molar-refractivity contribution in [3.63, 3.8) is 0 Å². The fourth-order valence-corrected chi connectivity index (χ4v) is 2.98. The highest BCUT2D eigenvalue weighted by molar-refractivity contribution is 7.71. The predicted molar refractivity (Wildman–Crippen MR) is 90.3 cm³/mol. The van der Waals surface area contributed by atoms with E-state index in [1.807, 2.05) is 7.05 Å². The minimum atomic E-state index is -0.123. The van der Waals surface area contributed by atoms with Gasteiger partial charge >= 0.3 is 0 Å². The minimum Gasteiger partial charge on any atom is -0.373 e. The molecule has 1 aromatic rings. The molecule has 4 heteroatoms. The number of anilines is 1. The molecule has 0 spiro atoms. The molecule has 0 fully saturated rings. The Morgan fingerprint density at radius 1 is 1.10 bits per heavy atom. The van der Waals surface area contributed by atoms with Crippen LogP contribution in [0.15, 0.2) is 4.79 Å². The Morgan fingerprint density at radius 2 is 1.70 bits per heavy atom. The smallest absolute Gasteiger partial charge is 0.204 e. The molecule has 1 rings (SSSR count). The van der Waals surface area contributed by atoms with E-state index in [2.05, 4.69) is 44.5 Å². The monoisotopic (exact) mass is 296 g/mol. The van der Waals surface area contributed by atoms with Crippen molar-refractivity contribution in [2.45, 2.75) is 46.0 Å². The summed E-state index contributed by atoms with van der Waals surface area (Å²) in [5.74, 6) is 0. The topological polar surface area (TPSA) is 23.6 Å².